The van der Waals surface area contributed by atoms with Crippen LogP contribution in [0.3, 0.4) is 0 Å². The summed E-state index contributed by atoms with van der Waals surface area (Å²) in [6, 6.07) is 3.93. The van der Waals surface area contributed by atoms with Gasteiger partial charge in [-0.25, -0.2) is 0 Å². The third-order valence-corrected chi connectivity index (χ3v) is 3.38. The van der Waals surface area contributed by atoms with Gasteiger partial charge in [0.25, 0.3) is 0 Å². The Bertz CT molecular complexity index is 407. The maximum Gasteiger partial charge on any atom is 0.127 e. The molecule has 1 atom stereocenters. The lowest BCUT2D eigenvalue weighted by Crippen LogP contribution is -2.19. The molecule has 1 unspecified atom stereocenters. The van der Waals surface area contributed by atoms with Crippen molar-refractivity contribution in [3.8, 4) is 5.75 Å². The fourth-order valence-electron chi connectivity index (χ4n) is 2.22. The van der Waals surface area contributed by atoms with Gasteiger partial charge < -0.3 is 15.2 Å². The fourth-order valence-corrected chi connectivity index (χ4v) is 2.45. The molecule has 19 heavy (non-hydrogen) atoms. The standard InChI is InChI=1S/C15H24ClNO2/c1-5-19-15-12(10(2)3)8-11(16)9-13(15)14(17-4)6-7-18/h8-10,14,17-18H,5-7H2,1-4H3. The molecule has 108 valence electrons. The van der Waals surface area contributed by atoms with Gasteiger partial charge in [0.15, 0.2) is 0 Å². The molecule has 0 saturated heterocycles. The number of aliphatic hydroxyl groups excluding tert-OH is 1. The third kappa shape index (κ3) is 4.10. The number of ether oxygens (including phenoxy) is 1. The molecule has 0 spiro atoms. The predicted molar refractivity (Wildman–Crippen MR) is 80.2 cm³/mol. The van der Waals surface area contributed by atoms with Crippen LogP contribution in [0, 0.1) is 0 Å². The van der Waals surface area contributed by atoms with Gasteiger partial charge in [-0.3, -0.25) is 0 Å². The van der Waals surface area contributed by atoms with Gasteiger partial charge in [0.1, 0.15) is 5.75 Å². The average Bonchev–Trinajstić information content (AvgIpc) is 2.37. The highest BCUT2D eigenvalue weighted by atomic mass is 35.5. The summed E-state index contributed by atoms with van der Waals surface area (Å²) in [5.74, 6) is 1.24. The van der Waals surface area contributed by atoms with E-state index >= 15 is 0 Å². The molecule has 1 aromatic rings. The van der Waals surface area contributed by atoms with Crippen molar-refractivity contribution in [2.45, 2.75) is 39.2 Å². The van der Waals surface area contributed by atoms with Crippen LogP contribution >= 0.6 is 11.6 Å². The lowest BCUT2D eigenvalue weighted by atomic mass is 9.94. The molecule has 0 saturated carbocycles. The van der Waals surface area contributed by atoms with Gasteiger partial charge in [0.2, 0.25) is 0 Å². The monoisotopic (exact) mass is 285 g/mol. The Kier molecular flexibility index (Phi) is 6.63. The van der Waals surface area contributed by atoms with E-state index in [4.69, 9.17) is 16.3 Å². The van der Waals surface area contributed by atoms with Crippen molar-refractivity contribution < 1.29 is 9.84 Å². The zero-order valence-corrected chi connectivity index (χ0v) is 12.9. The molecule has 0 aliphatic heterocycles. The molecule has 0 amide bonds. The first-order valence-electron chi connectivity index (χ1n) is 6.79. The van der Waals surface area contributed by atoms with E-state index in [0.717, 1.165) is 16.9 Å². The van der Waals surface area contributed by atoms with Crippen LogP contribution in [0.2, 0.25) is 5.02 Å². The maximum atomic E-state index is 9.18. The minimum absolute atomic E-state index is 0.0442. The van der Waals surface area contributed by atoms with Gasteiger partial charge in [-0.05, 0) is 44.0 Å². The number of rotatable bonds is 7. The van der Waals surface area contributed by atoms with Crippen LogP contribution in [0.15, 0.2) is 12.1 Å². The van der Waals surface area contributed by atoms with Crippen LogP contribution in [-0.4, -0.2) is 25.4 Å². The Morgan fingerprint density at radius 1 is 1.32 bits per heavy atom. The molecule has 0 aliphatic carbocycles. The first-order chi connectivity index (χ1) is 9.04. The minimum atomic E-state index is 0.0442. The van der Waals surface area contributed by atoms with E-state index in [1.165, 1.54) is 0 Å². The van der Waals surface area contributed by atoms with Crippen LogP contribution < -0.4 is 10.1 Å². The van der Waals surface area contributed by atoms with E-state index in [2.05, 4.69) is 19.2 Å². The number of hydrogen-bond donors (Lipinski definition) is 2. The Labute approximate surface area is 120 Å². The van der Waals surface area contributed by atoms with Crippen molar-refractivity contribution in [3.63, 3.8) is 0 Å². The number of hydrogen-bond acceptors (Lipinski definition) is 3. The fraction of sp³-hybridized carbons (Fsp3) is 0.600. The molecule has 2 N–H and O–H groups in total. The lowest BCUT2D eigenvalue weighted by molar-refractivity contribution is 0.264. The molecule has 0 aliphatic rings. The van der Waals surface area contributed by atoms with Crippen molar-refractivity contribution in [2.24, 2.45) is 0 Å². The van der Waals surface area contributed by atoms with Crippen molar-refractivity contribution in [1.82, 2.24) is 5.32 Å². The molecule has 0 heterocycles. The van der Waals surface area contributed by atoms with Gasteiger partial charge in [0, 0.05) is 23.2 Å². The van der Waals surface area contributed by atoms with Crippen molar-refractivity contribution in [1.29, 1.82) is 0 Å². The number of nitrogens with one attached hydrogen (secondary N) is 1. The van der Waals surface area contributed by atoms with Crippen LogP contribution in [0.1, 0.15) is 50.3 Å². The van der Waals surface area contributed by atoms with Gasteiger partial charge in [-0.2, -0.15) is 0 Å². The van der Waals surface area contributed by atoms with E-state index in [-0.39, 0.29) is 12.6 Å². The summed E-state index contributed by atoms with van der Waals surface area (Å²) in [4.78, 5) is 0. The zero-order valence-electron chi connectivity index (χ0n) is 12.2. The van der Waals surface area contributed by atoms with E-state index in [9.17, 15) is 5.11 Å². The summed E-state index contributed by atoms with van der Waals surface area (Å²) >= 11 is 6.22. The normalized spacial score (nSPS) is 12.8. The predicted octanol–water partition coefficient (Wildman–Crippen LogP) is 3.51. The first-order valence-corrected chi connectivity index (χ1v) is 7.17. The second kappa shape index (κ2) is 7.73. The first kappa shape index (κ1) is 16.3. The van der Waals surface area contributed by atoms with Gasteiger partial charge in [0.05, 0.1) is 6.61 Å². The molecule has 3 nitrogen and oxygen atoms in total. The van der Waals surface area contributed by atoms with Crippen molar-refractivity contribution in [3.05, 3.63) is 28.3 Å². The Morgan fingerprint density at radius 2 is 1.95 bits per heavy atom. The van der Waals surface area contributed by atoms with Gasteiger partial charge in [-0.15, -0.1) is 0 Å². The zero-order chi connectivity index (χ0) is 14.4. The SMILES string of the molecule is CCOc1c(C(C)C)cc(Cl)cc1C(CCO)NC. The second-order valence-electron chi connectivity index (χ2n) is 4.85. The summed E-state index contributed by atoms with van der Waals surface area (Å²) < 4.78 is 5.83. The molecule has 0 aromatic heterocycles. The third-order valence-electron chi connectivity index (χ3n) is 3.16. The number of halogens is 1. The summed E-state index contributed by atoms with van der Waals surface area (Å²) in [7, 11) is 1.88. The Hall–Kier alpha value is -0.770. The van der Waals surface area contributed by atoms with Crippen LogP contribution in [0.25, 0.3) is 0 Å². The summed E-state index contributed by atoms with van der Waals surface area (Å²) in [6.45, 7) is 6.96. The molecular weight excluding hydrogens is 262 g/mol. The molecular formula is C15H24ClNO2. The van der Waals surface area contributed by atoms with E-state index in [1.807, 2.05) is 26.1 Å². The highest BCUT2D eigenvalue weighted by Crippen LogP contribution is 2.37. The van der Waals surface area contributed by atoms with E-state index in [1.54, 1.807) is 0 Å². The maximum absolute atomic E-state index is 9.18. The number of aliphatic hydroxyl groups is 1. The highest BCUT2D eigenvalue weighted by Gasteiger charge is 2.20. The molecule has 0 radical (unpaired) electrons. The van der Waals surface area contributed by atoms with Gasteiger partial charge >= 0.3 is 0 Å². The van der Waals surface area contributed by atoms with Crippen LogP contribution in [0.4, 0.5) is 0 Å². The molecule has 4 heteroatoms. The lowest BCUT2D eigenvalue weighted by Gasteiger charge is -2.23. The quantitative estimate of drug-likeness (QED) is 0.806. The minimum Gasteiger partial charge on any atom is -0.493 e. The smallest absolute Gasteiger partial charge is 0.127 e. The molecule has 1 aromatic carbocycles. The Balaban J connectivity index is 3.33. The molecule has 1 rings (SSSR count). The second-order valence-corrected chi connectivity index (χ2v) is 5.29. The van der Waals surface area contributed by atoms with E-state index < -0.39 is 0 Å². The van der Waals surface area contributed by atoms with Crippen molar-refractivity contribution >= 4 is 11.6 Å². The molecule has 0 fully saturated rings. The number of benzene rings is 1. The largest absolute Gasteiger partial charge is 0.493 e. The van der Waals surface area contributed by atoms with Crippen LogP contribution in [-0.2, 0) is 0 Å². The highest BCUT2D eigenvalue weighted by molar-refractivity contribution is 6.30. The Morgan fingerprint density at radius 3 is 2.42 bits per heavy atom. The average molecular weight is 286 g/mol. The topological polar surface area (TPSA) is 41.5 Å². The van der Waals surface area contributed by atoms with E-state index in [0.29, 0.717) is 24.0 Å². The van der Waals surface area contributed by atoms with Gasteiger partial charge in [-0.1, -0.05) is 25.4 Å². The summed E-state index contributed by atoms with van der Waals surface area (Å²) in [5.41, 5.74) is 2.14. The molecule has 0 bridgehead atoms. The van der Waals surface area contributed by atoms with Crippen LogP contribution in [0.5, 0.6) is 5.75 Å². The van der Waals surface area contributed by atoms with Crippen molar-refractivity contribution in [2.75, 3.05) is 20.3 Å². The summed E-state index contributed by atoms with van der Waals surface area (Å²) in [6.07, 6.45) is 0.633. The summed E-state index contributed by atoms with van der Waals surface area (Å²) in [5, 5.41) is 13.1.